The minimum Gasteiger partial charge on any atom is -0.368 e. The van der Waals surface area contributed by atoms with Gasteiger partial charge in [0.25, 0.3) is 0 Å². The number of carbonyl (C=O) groups is 3. The molecule has 1 atom stereocenters. The highest BCUT2D eigenvalue weighted by molar-refractivity contribution is 7.10. The molecule has 1 rings (SSSR count). The molecular weight excluding hydrogens is 270 g/mol. The molecule has 3 amide bonds. The van der Waals surface area contributed by atoms with Gasteiger partial charge in [0, 0.05) is 11.8 Å². The van der Waals surface area contributed by atoms with Gasteiger partial charge in [-0.05, 0) is 11.4 Å². The van der Waals surface area contributed by atoms with Gasteiger partial charge < -0.3 is 11.1 Å². The molecule has 1 heterocycles. The number of hydrogen-bond acceptors (Lipinski definition) is 5. The molecule has 0 aliphatic heterocycles. The fraction of sp³-hybridized carbons (Fsp3) is 0.364. The fourth-order valence-corrected chi connectivity index (χ4v) is 2.15. The van der Waals surface area contributed by atoms with Gasteiger partial charge in [-0.2, -0.15) is 0 Å². The van der Waals surface area contributed by atoms with E-state index in [9.17, 15) is 14.4 Å². The molecule has 0 aliphatic rings. The van der Waals surface area contributed by atoms with Gasteiger partial charge in [0.15, 0.2) is 6.61 Å². The van der Waals surface area contributed by atoms with E-state index in [0.29, 0.717) is 0 Å². The molecule has 0 aromatic carbocycles. The Morgan fingerprint density at radius 2 is 2.21 bits per heavy atom. The van der Waals surface area contributed by atoms with Crippen molar-refractivity contribution in [3.05, 3.63) is 22.4 Å². The molecule has 1 aromatic rings. The van der Waals surface area contributed by atoms with E-state index < -0.39 is 24.5 Å². The summed E-state index contributed by atoms with van der Waals surface area (Å²) in [5, 5.41) is 4.53. The predicted octanol–water partition coefficient (Wildman–Crippen LogP) is -0.151. The molecule has 8 heteroatoms. The summed E-state index contributed by atoms with van der Waals surface area (Å²) in [6.45, 7) is 0.984. The number of primary amides is 1. The number of nitrogens with one attached hydrogen (secondary N) is 2. The largest absolute Gasteiger partial charge is 0.368 e. The maximum absolute atomic E-state index is 11.6. The van der Waals surface area contributed by atoms with E-state index in [1.807, 2.05) is 17.5 Å². The van der Waals surface area contributed by atoms with Crippen molar-refractivity contribution in [1.82, 2.24) is 10.8 Å². The number of nitrogens with two attached hydrogens (primary N) is 1. The van der Waals surface area contributed by atoms with Gasteiger partial charge in [0.05, 0.1) is 12.5 Å². The first-order valence-electron chi connectivity index (χ1n) is 5.48. The second-order valence-corrected chi connectivity index (χ2v) is 4.73. The SMILES string of the molecule is CC(=O)NC(CC(=O)NOCC(N)=O)c1cccs1. The van der Waals surface area contributed by atoms with Crippen LogP contribution in [0.3, 0.4) is 0 Å². The zero-order chi connectivity index (χ0) is 14.3. The number of hydroxylamine groups is 1. The summed E-state index contributed by atoms with van der Waals surface area (Å²) in [6.07, 6.45) is 0.0128. The van der Waals surface area contributed by atoms with Crippen LogP contribution in [0.1, 0.15) is 24.3 Å². The van der Waals surface area contributed by atoms with Crippen molar-refractivity contribution in [3.63, 3.8) is 0 Å². The summed E-state index contributed by atoms with van der Waals surface area (Å²) in [7, 11) is 0. The summed E-state index contributed by atoms with van der Waals surface area (Å²) in [4.78, 5) is 38.6. The Morgan fingerprint density at radius 3 is 2.74 bits per heavy atom. The van der Waals surface area contributed by atoms with Gasteiger partial charge in [-0.15, -0.1) is 11.3 Å². The lowest BCUT2D eigenvalue weighted by Gasteiger charge is -2.15. The van der Waals surface area contributed by atoms with E-state index in [1.165, 1.54) is 18.3 Å². The molecule has 0 aliphatic carbocycles. The number of amides is 3. The molecule has 4 N–H and O–H groups in total. The average Bonchev–Trinajstić information content (AvgIpc) is 2.80. The molecule has 0 saturated heterocycles. The van der Waals surface area contributed by atoms with Crippen LogP contribution in [0, 0.1) is 0 Å². The normalized spacial score (nSPS) is 11.6. The molecule has 104 valence electrons. The van der Waals surface area contributed by atoms with Crippen LogP contribution in [0.15, 0.2) is 17.5 Å². The van der Waals surface area contributed by atoms with Crippen molar-refractivity contribution in [2.75, 3.05) is 6.61 Å². The van der Waals surface area contributed by atoms with Gasteiger partial charge in [-0.1, -0.05) is 6.07 Å². The van der Waals surface area contributed by atoms with E-state index >= 15 is 0 Å². The van der Waals surface area contributed by atoms with Crippen molar-refractivity contribution in [2.24, 2.45) is 5.73 Å². The van der Waals surface area contributed by atoms with Gasteiger partial charge >= 0.3 is 0 Å². The van der Waals surface area contributed by atoms with E-state index in [4.69, 9.17) is 5.73 Å². The number of rotatable bonds is 7. The van der Waals surface area contributed by atoms with Gasteiger partial charge in [0.1, 0.15) is 0 Å². The molecule has 0 saturated carbocycles. The summed E-state index contributed by atoms with van der Waals surface area (Å²) in [5.41, 5.74) is 6.95. The van der Waals surface area contributed by atoms with E-state index in [2.05, 4.69) is 15.6 Å². The Labute approximate surface area is 114 Å². The maximum atomic E-state index is 11.6. The molecule has 0 bridgehead atoms. The van der Waals surface area contributed by atoms with E-state index in [-0.39, 0.29) is 12.3 Å². The second-order valence-electron chi connectivity index (χ2n) is 3.75. The molecule has 7 nitrogen and oxygen atoms in total. The highest BCUT2D eigenvalue weighted by Crippen LogP contribution is 2.21. The molecule has 0 radical (unpaired) electrons. The molecule has 1 unspecified atom stereocenters. The molecule has 19 heavy (non-hydrogen) atoms. The van der Waals surface area contributed by atoms with Crippen molar-refractivity contribution >= 4 is 29.1 Å². The monoisotopic (exact) mass is 285 g/mol. The Bertz CT molecular complexity index is 447. The zero-order valence-electron chi connectivity index (χ0n) is 10.3. The number of hydrogen-bond donors (Lipinski definition) is 3. The Hall–Kier alpha value is -1.93. The topological polar surface area (TPSA) is 111 Å². The first-order chi connectivity index (χ1) is 8.99. The molecule has 0 fully saturated rings. The molecule has 0 spiro atoms. The van der Waals surface area contributed by atoms with Crippen LogP contribution in [0.2, 0.25) is 0 Å². The Kier molecular flexibility index (Phi) is 5.97. The van der Waals surface area contributed by atoms with Crippen LogP contribution in [0.4, 0.5) is 0 Å². The van der Waals surface area contributed by atoms with Crippen LogP contribution in [-0.2, 0) is 19.2 Å². The molecule has 1 aromatic heterocycles. The van der Waals surface area contributed by atoms with Crippen molar-refractivity contribution in [3.8, 4) is 0 Å². The van der Waals surface area contributed by atoms with E-state index in [0.717, 1.165) is 4.88 Å². The number of carbonyl (C=O) groups excluding carboxylic acids is 3. The van der Waals surface area contributed by atoms with Crippen molar-refractivity contribution < 1.29 is 19.2 Å². The third-order valence-electron chi connectivity index (χ3n) is 2.05. The standard InChI is InChI=1S/C11H15N3O4S/c1-7(15)13-8(9-3-2-4-19-9)5-11(17)14-18-6-10(12)16/h2-4,8H,5-6H2,1H3,(H2,12,16)(H,13,15)(H,14,17). The van der Waals surface area contributed by atoms with Crippen LogP contribution in [0.25, 0.3) is 0 Å². The first-order valence-corrected chi connectivity index (χ1v) is 6.36. The Balaban J connectivity index is 2.50. The summed E-state index contributed by atoms with van der Waals surface area (Å²) in [5.74, 6) is -1.37. The van der Waals surface area contributed by atoms with Crippen molar-refractivity contribution in [2.45, 2.75) is 19.4 Å². The summed E-state index contributed by atoms with van der Waals surface area (Å²) < 4.78 is 0. The smallest absolute Gasteiger partial charge is 0.246 e. The third kappa shape index (κ3) is 5.98. The summed E-state index contributed by atoms with van der Waals surface area (Å²) >= 11 is 1.43. The highest BCUT2D eigenvalue weighted by atomic mass is 32.1. The quantitative estimate of drug-likeness (QED) is 0.605. The van der Waals surface area contributed by atoms with Crippen LogP contribution >= 0.6 is 11.3 Å². The van der Waals surface area contributed by atoms with Crippen LogP contribution < -0.4 is 16.5 Å². The first kappa shape index (κ1) is 15.1. The van der Waals surface area contributed by atoms with Gasteiger partial charge in [0.2, 0.25) is 17.7 Å². The lowest BCUT2D eigenvalue weighted by atomic mass is 10.1. The van der Waals surface area contributed by atoms with E-state index in [1.54, 1.807) is 0 Å². The predicted molar refractivity (Wildman–Crippen MR) is 68.8 cm³/mol. The lowest BCUT2D eigenvalue weighted by molar-refractivity contribution is -0.138. The second kappa shape index (κ2) is 7.49. The van der Waals surface area contributed by atoms with Gasteiger partial charge in [-0.3, -0.25) is 19.2 Å². The minimum atomic E-state index is -0.683. The zero-order valence-corrected chi connectivity index (χ0v) is 11.2. The average molecular weight is 285 g/mol. The minimum absolute atomic E-state index is 0.0128. The number of thiophene rings is 1. The van der Waals surface area contributed by atoms with Crippen LogP contribution in [-0.4, -0.2) is 24.3 Å². The van der Waals surface area contributed by atoms with Gasteiger partial charge in [-0.25, -0.2) is 5.48 Å². The lowest BCUT2D eigenvalue weighted by Crippen LogP contribution is -2.34. The summed E-state index contributed by atoms with van der Waals surface area (Å²) in [6, 6.07) is 3.23. The molecular formula is C11H15N3O4S. The maximum Gasteiger partial charge on any atom is 0.246 e. The Morgan fingerprint density at radius 1 is 1.47 bits per heavy atom. The highest BCUT2D eigenvalue weighted by Gasteiger charge is 2.18. The van der Waals surface area contributed by atoms with Crippen molar-refractivity contribution in [1.29, 1.82) is 0 Å². The fourth-order valence-electron chi connectivity index (χ4n) is 1.37. The van der Waals surface area contributed by atoms with Crippen LogP contribution in [0.5, 0.6) is 0 Å². The third-order valence-corrected chi connectivity index (χ3v) is 3.04.